The fourth-order valence-corrected chi connectivity index (χ4v) is 4.09. The van der Waals surface area contributed by atoms with Crippen molar-refractivity contribution < 1.29 is 9.59 Å². The largest absolute Gasteiger partial charge is 0.353 e. The number of nitrogens with one attached hydrogen (secondary N) is 1. The molecule has 0 bridgehead atoms. The molecule has 9 heteroatoms. The van der Waals surface area contributed by atoms with E-state index in [0.717, 1.165) is 31.7 Å². The molecule has 0 radical (unpaired) electrons. The van der Waals surface area contributed by atoms with Crippen molar-refractivity contribution in [3.05, 3.63) is 30.7 Å². The highest BCUT2D eigenvalue weighted by Crippen LogP contribution is 2.27. The van der Waals surface area contributed by atoms with Crippen molar-refractivity contribution >= 4 is 23.3 Å². The summed E-state index contributed by atoms with van der Waals surface area (Å²) in [5, 5.41) is 15.4. The smallest absolute Gasteiger partial charge is 0.231 e. The molecular weight excluding hydrogens is 394 g/mol. The van der Waals surface area contributed by atoms with E-state index in [1.54, 1.807) is 12.4 Å². The number of aromatic nitrogens is 4. The van der Waals surface area contributed by atoms with E-state index in [4.69, 9.17) is 0 Å². The molecule has 2 aliphatic heterocycles. The summed E-state index contributed by atoms with van der Waals surface area (Å²) in [6, 6.07) is 3.99. The third-order valence-electron chi connectivity index (χ3n) is 5.88. The average Bonchev–Trinajstić information content (AvgIpc) is 3.15. The summed E-state index contributed by atoms with van der Waals surface area (Å²) in [6.45, 7) is 9.05. The van der Waals surface area contributed by atoms with Crippen molar-refractivity contribution in [3.8, 4) is 0 Å². The number of piperidine rings is 1. The first-order chi connectivity index (χ1) is 14.8. The monoisotopic (exact) mass is 425 g/mol. The Morgan fingerprint density at radius 2 is 1.94 bits per heavy atom. The van der Waals surface area contributed by atoms with E-state index >= 15 is 0 Å². The van der Waals surface area contributed by atoms with E-state index in [-0.39, 0.29) is 29.2 Å². The maximum absolute atomic E-state index is 12.5. The molecule has 2 saturated heterocycles. The topological polar surface area (TPSA) is 96.2 Å². The van der Waals surface area contributed by atoms with Crippen LogP contribution in [0.5, 0.6) is 0 Å². The predicted molar refractivity (Wildman–Crippen MR) is 118 cm³/mol. The fourth-order valence-electron chi connectivity index (χ4n) is 4.09. The molecule has 2 aromatic heterocycles. The molecule has 2 aliphatic rings. The Morgan fingerprint density at radius 1 is 1.19 bits per heavy atom. The highest BCUT2D eigenvalue weighted by atomic mass is 16.2. The zero-order valence-corrected chi connectivity index (χ0v) is 18.5. The second kappa shape index (κ2) is 8.64. The highest BCUT2D eigenvalue weighted by Gasteiger charge is 2.34. The van der Waals surface area contributed by atoms with Gasteiger partial charge in [0, 0.05) is 45.0 Å². The first-order valence-corrected chi connectivity index (χ1v) is 10.9. The molecule has 0 aromatic carbocycles. The van der Waals surface area contributed by atoms with Crippen molar-refractivity contribution in [3.63, 3.8) is 0 Å². The van der Waals surface area contributed by atoms with Gasteiger partial charge in [0.15, 0.2) is 5.82 Å². The summed E-state index contributed by atoms with van der Waals surface area (Å²) in [4.78, 5) is 29.0. The number of hydrogen-bond donors (Lipinski definition) is 1. The normalized spacial score (nSPS) is 18.0. The number of nitrogens with zero attached hydrogens (tertiary/aromatic N) is 6. The number of anilines is 2. The molecule has 31 heavy (non-hydrogen) atoms. The van der Waals surface area contributed by atoms with Gasteiger partial charge in [-0.3, -0.25) is 14.3 Å². The van der Waals surface area contributed by atoms with Crippen LogP contribution < -0.4 is 10.2 Å². The number of carbonyl (C=O) groups excluding carboxylic acids is 2. The third-order valence-corrected chi connectivity index (χ3v) is 5.88. The lowest BCUT2D eigenvalue weighted by Crippen LogP contribution is -2.52. The summed E-state index contributed by atoms with van der Waals surface area (Å²) < 4.78 is 1.92. The Balaban J connectivity index is 1.24. The Hall–Kier alpha value is -2.97. The van der Waals surface area contributed by atoms with Crippen molar-refractivity contribution in [2.75, 3.05) is 36.4 Å². The van der Waals surface area contributed by atoms with E-state index in [2.05, 4.69) is 41.4 Å². The summed E-state index contributed by atoms with van der Waals surface area (Å²) >= 11 is 0. The van der Waals surface area contributed by atoms with Crippen LogP contribution in [0.15, 0.2) is 30.7 Å². The van der Waals surface area contributed by atoms with Gasteiger partial charge < -0.3 is 15.1 Å². The van der Waals surface area contributed by atoms with Crippen LogP contribution in [-0.4, -0.2) is 62.9 Å². The third kappa shape index (κ3) is 5.21. The molecule has 4 heterocycles. The number of carbonyl (C=O) groups is 2. The number of hydrogen-bond acceptors (Lipinski definition) is 6. The van der Waals surface area contributed by atoms with Crippen molar-refractivity contribution in [2.45, 2.75) is 46.1 Å². The van der Waals surface area contributed by atoms with E-state index in [1.165, 1.54) is 0 Å². The van der Waals surface area contributed by atoms with Gasteiger partial charge in [0.25, 0.3) is 0 Å². The molecule has 2 amide bonds. The lowest BCUT2D eigenvalue weighted by atomic mass is 9.91. The SMILES string of the molecule is CC(C)(C)CC(=O)N1CCC(n2cc(NC(=O)C3CN(c4cccnn4)C3)cn2)CC1. The molecular formula is C22H31N7O2. The lowest BCUT2D eigenvalue weighted by Gasteiger charge is -2.38. The molecule has 0 unspecified atom stereocenters. The van der Waals surface area contributed by atoms with Crippen LogP contribution in [-0.2, 0) is 9.59 Å². The van der Waals surface area contributed by atoms with Crippen molar-refractivity contribution in [2.24, 2.45) is 11.3 Å². The van der Waals surface area contributed by atoms with Gasteiger partial charge in [-0.15, -0.1) is 5.10 Å². The van der Waals surface area contributed by atoms with Crippen LogP contribution in [0, 0.1) is 11.3 Å². The molecule has 4 rings (SSSR count). The van der Waals surface area contributed by atoms with Crippen LogP contribution in [0.4, 0.5) is 11.5 Å². The van der Waals surface area contributed by atoms with Gasteiger partial charge >= 0.3 is 0 Å². The number of likely N-dealkylation sites (tertiary alicyclic amines) is 1. The molecule has 0 aliphatic carbocycles. The van der Waals surface area contributed by atoms with Gasteiger partial charge in [-0.25, -0.2) is 0 Å². The Bertz CT molecular complexity index is 907. The fraction of sp³-hybridized carbons (Fsp3) is 0.591. The van der Waals surface area contributed by atoms with Crippen LogP contribution in [0.2, 0.25) is 0 Å². The minimum atomic E-state index is -0.0672. The maximum atomic E-state index is 12.5. The number of rotatable bonds is 5. The molecule has 2 aromatic rings. The van der Waals surface area contributed by atoms with Gasteiger partial charge in [-0.05, 0) is 30.4 Å². The molecule has 166 valence electrons. The van der Waals surface area contributed by atoms with Crippen LogP contribution in [0.1, 0.15) is 46.1 Å². The van der Waals surface area contributed by atoms with Gasteiger partial charge in [-0.1, -0.05) is 20.8 Å². The van der Waals surface area contributed by atoms with Gasteiger partial charge in [0.05, 0.1) is 23.8 Å². The van der Waals surface area contributed by atoms with E-state index in [9.17, 15) is 9.59 Å². The molecule has 2 fully saturated rings. The summed E-state index contributed by atoms with van der Waals surface area (Å²) in [5.41, 5.74) is 0.726. The van der Waals surface area contributed by atoms with E-state index < -0.39 is 0 Å². The first-order valence-electron chi connectivity index (χ1n) is 10.9. The van der Waals surface area contributed by atoms with Gasteiger partial charge in [0.2, 0.25) is 11.8 Å². The van der Waals surface area contributed by atoms with Crippen LogP contribution >= 0.6 is 0 Å². The van der Waals surface area contributed by atoms with Crippen molar-refractivity contribution in [1.82, 2.24) is 24.9 Å². The molecule has 0 atom stereocenters. The molecule has 1 N–H and O–H groups in total. The van der Waals surface area contributed by atoms with E-state index in [1.807, 2.05) is 32.8 Å². The highest BCUT2D eigenvalue weighted by molar-refractivity contribution is 5.94. The summed E-state index contributed by atoms with van der Waals surface area (Å²) in [7, 11) is 0. The Morgan fingerprint density at radius 3 is 2.58 bits per heavy atom. The number of amides is 2. The zero-order valence-electron chi connectivity index (χ0n) is 18.5. The van der Waals surface area contributed by atoms with Gasteiger partial charge in [0.1, 0.15) is 0 Å². The maximum Gasteiger partial charge on any atom is 0.231 e. The minimum Gasteiger partial charge on any atom is -0.353 e. The first kappa shape index (κ1) is 21.3. The molecule has 0 spiro atoms. The average molecular weight is 426 g/mol. The second-order valence-corrected chi connectivity index (χ2v) is 9.73. The van der Waals surface area contributed by atoms with Crippen molar-refractivity contribution in [1.29, 1.82) is 0 Å². The summed E-state index contributed by atoms with van der Waals surface area (Å²) in [6.07, 6.45) is 7.56. The molecule has 0 saturated carbocycles. The van der Waals surface area contributed by atoms with Crippen LogP contribution in [0.25, 0.3) is 0 Å². The Labute approximate surface area is 182 Å². The molecule has 9 nitrogen and oxygen atoms in total. The van der Waals surface area contributed by atoms with E-state index in [0.29, 0.717) is 25.2 Å². The Kier molecular flexibility index (Phi) is 5.93. The van der Waals surface area contributed by atoms with Crippen LogP contribution in [0.3, 0.4) is 0 Å². The second-order valence-electron chi connectivity index (χ2n) is 9.73. The summed E-state index contributed by atoms with van der Waals surface area (Å²) in [5.74, 6) is 0.965. The predicted octanol–water partition coefficient (Wildman–Crippen LogP) is 2.35. The standard InChI is InChI=1S/C22H31N7O2/c1-22(2,3)11-20(30)27-9-6-18(7-10-27)29-15-17(12-24-29)25-21(31)16-13-28(14-16)19-5-4-8-23-26-19/h4-5,8,12,15-16,18H,6-7,9-11,13-14H2,1-3H3,(H,25,31). The minimum absolute atomic E-state index is 0.00212. The lowest BCUT2D eigenvalue weighted by molar-refractivity contribution is -0.134. The quantitative estimate of drug-likeness (QED) is 0.790. The van der Waals surface area contributed by atoms with Gasteiger partial charge in [-0.2, -0.15) is 10.2 Å². The zero-order chi connectivity index (χ0) is 22.0.